The molecule has 1 atom stereocenters. The van der Waals surface area contributed by atoms with Gasteiger partial charge in [-0.15, -0.1) is 11.3 Å². The van der Waals surface area contributed by atoms with Gasteiger partial charge in [-0.05, 0) is 35.4 Å². The number of hydrogen-bond donors (Lipinski definition) is 1. The van der Waals surface area contributed by atoms with Crippen LogP contribution in [0.4, 0.5) is 0 Å². The first-order valence-electron chi connectivity index (χ1n) is 7.92. The molecule has 1 amide bonds. The molecule has 3 rings (SSSR count). The minimum atomic E-state index is -0.477. The lowest BCUT2D eigenvalue weighted by atomic mass is 10.1. The third-order valence-corrected chi connectivity index (χ3v) is 4.70. The lowest BCUT2D eigenvalue weighted by Crippen LogP contribution is -2.34. The molecule has 0 unspecified atom stereocenters. The van der Waals surface area contributed by atoms with Gasteiger partial charge in [-0.1, -0.05) is 30.3 Å². The quantitative estimate of drug-likeness (QED) is 0.818. The van der Waals surface area contributed by atoms with E-state index in [0.29, 0.717) is 11.4 Å². The molecule has 0 saturated carbocycles. The van der Waals surface area contributed by atoms with Gasteiger partial charge in [0.2, 0.25) is 0 Å². The Hall–Kier alpha value is -2.18. The van der Waals surface area contributed by atoms with Gasteiger partial charge >= 0.3 is 5.97 Å². The van der Waals surface area contributed by atoms with Gasteiger partial charge in [0.25, 0.3) is 5.91 Å². The average Bonchev–Trinajstić information content (AvgIpc) is 3.30. The average molecular weight is 345 g/mol. The Kier molecular flexibility index (Phi) is 5.61. The van der Waals surface area contributed by atoms with Gasteiger partial charge in [0.05, 0.1) is 6.10 Å². The molecular weight excluding hydrogens is 326 g/mol. The lowest BCUT2D eigenvalue weighted by Gasteiger charge is -2.10. The molecule has 5 nitrogen and oxygen atoms in total. The van der Waals surface area contributed by atoms with Gasteiger partial charge < -0.3 is 14.8 Å². The maximum atomic E-state index is 12.0. The molecule has 1 saturated heterocycles. The summed E-state index contributed by atoms with van der Waals surface area (Å²) < 4.78 is 10.5. The van der Waals surface area contributed by atoms with Crippen LogP contribution in [-0.2, 0) is 14.3 Å². The van der Waals surface area contributed by atoms with Gasteiger partial charge in [-0.25, -0.2) is 4.79 Å². The van der Waals surface area contributed by atoms with Crippen molar-refractivity contribution in [1.82, 2.24) is 5.32 Å². The fraction of sp³-hybridized carbons (Fsp3) is 0.333. The molecule has 1 fully saturated rings. The van der Waals surface area contributed by atoms with Crippen LogP contribution in [0.5, 0.6) is 0 Å². The second kappa shape index (κ2) is 8.08. The van der Waals surface area contributed by atoms with Crippen molar-refractivity contribution in [2.45, 2.75) is 18.9 Å². The Morgan fingerprint density at radius 2 is 2.08 bits per heavy atom. The van der Waals surface area contributed by atoms with E-state index in [1.165, 1.54) is 11.3 Å². The topological polar surface area (TPSA) is 64.6 Å². The molecule has 1 aromatic carbocycles. The van der Waals surface area contributed by atoms with E-state index in [-0.39, 0.29) is 18.6 Å². The minimum Gasteiger partial charge on any atom is -0.451 e. The molecule has 1 aliphatic heterocycles. The number of carbonyl (C=O) groups is 2. The summed E-state index contributed by atoms with van der Waals surface area (Å²) in [6.45, 7) is 0.940. The molecule has 2 aromatic rings. The minimum absolute atomic E-state index is 0.0791. The van der Waals surface area contributed by atoms with Crippen LogP contribution in [0.1, 0.15) is 22.5 Å². The molecule has 1 aliphatic rings. The Labute approximate surface area is 144 Å². The highest BCUT2D eigenvalue weighted by molar-refractivity contribution is 7.12. The summed E-state index contributed by atoms with van der Waals surface area (Å²) in [5.74, 6) is -0.784. The molecule has 1 aromatic heterocycles. The van der Waals surface area contributed by atoms with E-state index in [9.17, 15) is 9.59 Å². The van der Waals surface area contributed by atoms with Crippen LogP contribution in [0.15, 0.2) is 41.8 Å². The number of nitrogens with one attached hydrogen (secondary N) is 1. The highest BCUT2D eigenvalue weighted by atomic mass is 32.1. The van der Waals surface area contributed by atoms with E-state index in [1.807, 2.05) is 35.7 Å². The van der Waals surface area contributed by atoms with Crippen molar-refractivity contribution in [1.29, 1.82) is 0 Å². The summed E-state index contributed by atoms with van der Waals surface area (Å²) in [6.07, 6.45) is 2.06. The third-order valence-electron chi connectivity index (χ3n) is 3.79. The van der Waals surface area contributed by atoms with Gasteiger partial charge in [0, 0.05) is 13.2 Å². The van der Waals surface area contributed by atoms with E-state index < -0.39 is 5.97 Å². The number of hydrogen-bond acceptors (Lipinski definition) is 5. The molecule has 6 heteroatoms. The fourth-order valence-corrected chi connectivity index (χ4v) is 3.32. The van der Waals surface area contributed by atoms with Crippen LogP contribution >= 0.6 is 11.3 Å². The number of thiophene rings is 1. The van der Waals surface area contributed by atoms with Crippen molar-refractivity contribution in [3.63, 3.8) is 0 Å². The number of carbonyl (C=O) groups excluding carboxylic acids is 2. The Morgan fingerprint density at radius 3 is 2.83 bits per heavy atom. The zero-order valence-electron chi connectivity index (χ0n) is 13.2. The van der Waals surface area contributed by atoms with Crippen LogP contribution in [0.2, 0.25) is 0 Å². The first-order chi connectivity index (χ1) is 11.7. The highest BCUT2D eigenvalue weighted by Gasteiger charge is 2.17. The number of benzene rings is 1. The van der Waals surface area contributed by atoms with Gasteiger partial charge in [0.1, 0.15) is 4.88 Å². The molecule has 0 aliphatic carbocycles. The van der Waals surface area contributed by atoms with Gasteiger partial charge in [-0.3, -0.25) is 4.79 Å². The molecule has 0 radical (unpaired) electrons. The van der Waals surface area contributed by atoms with Crippen LogP contribution in [0, 0.1) is 0 Å². The van der Waals surface area contributed by atoms with Crippen LogP contribution in [0.3, 0.4) is 0 Å². The number of rotatable bonds is 6. The molecule has 24 heavy (non-hydrogen) atoms. The van der Waals surface area contributed by atoms with E-state index in [4.69, 9.17) is 9.47 Å². The van der Waals surface area contributed by atoms with Gasteiger partial charge in [0.15, 0.2) is 6.61 Å². The van der Waals surface area contributed by atoms with E-state index in [2.05, 4.69) is 5.32 Å². The number of amides is 1. The summed E-state index contributed by atoms with van der Waals surface area (Å²) in [6, 6.07) is 11.6. The standard InChI is InChI=1S/C18H19NO4S/c20-17(19-10-15-7-4-8-22-15)11-23-18(21)16-9-14(12-24-16)13-5-2-1-3-6-13/h1-3,5-6,9,12,15H,4,7-8,10-11H2,(H,19,20)/t15-/m1/s1. The first-order valence-corrected chi connectivity index (χ1v) is 8.80. The zero-order valence-corrected chi connectivity index (χ0v) is 14.0. The van der Waals surface area contributed by atoms with E-state index in [0.717, 1.165) is 30.6 Å². The Morgan fingerprint density at radius 1 is 1.25 bits per heavy atom. The zero-order chi connectivity index (χ0) is 16.8. The predicted molar refractivity (Wildman–Crippen MR) is 92.0 cm³/mol. The maximum Gasteiger partial charge on any atom is 0.348 e. The maximum absolute atomic E-state index is 12.0. The molecule has 2 heterocycles. The first kappa shape index (κ1) is 16.7. The van der Waals surface area contributed by atoms with Gasteiger partial charge in [-0.2, -0.15) is 0 Å². The second-order valence-electron chi connectivity index (χ2n) is 5.58. The third kappa shape index (κ3) is 4.43. The highest BCUT2D eigenvalue weighted by Crippen LogP contribution is 2.25. The smallest absolute Gasteiger partial charge is 0.348 e. The van der Waals surface area contributed by atoms with Crippen molar-refractivity contribution in [2.75, 3.05) is 19.8 Å². The predicted octanol–water partition coefficient (Wildman–Crippen LogP) is 2.87. The molecule has 0 spiro atoms. The molecular formula is C18H19NO4S. The summed E-state index contributed by atoms with van der Waals surface area (Å²) >= 11 is 1.31. The monoisotopic (exact) mass is 345 g/mol. The van der Waals surface area contributed by atoms with Crippen molar-refractivity contribution in [2.24, 2.45) is 0 Å². The van der Waals surface area contributed by atoms with Crippen LogP contribution in [0.25, 0.3) is 11.1 Å². The number of ether oxygens (including phenoxy) is 2. The van der Waals surface area contributed by atoms with E-state index >= 15 is 0 Å². The normalized spacial score (nSPS) is 16.8. The molecule has 0 bridgehead atoms. The van der Waals surface area contributed by atoms with Crippen molar-refractivity contribution in [3.8, 4) is 11.1 Å². The SMILES string of the molecule is O=C(COC(=O)c1cc(-c2ccccc2)cs1)NC[C@H]1CCCO1. The molecule has 1 N–H and O–H groups in total. The Balaban J connectivity index is 1.46. The van der Waals surface area contributed by atoms with E-state index in [1.54, 1.807) is 6.07 Å². The fourth-order valence-electron chi connectivity index (χ4n) is 2.51. The summed E-state index contributed by atoms with van der Waals surface area (Å²) in [4.78, 5) is 24.2. The van der Waals surface area contributed by atoms with Crippen molar-refractivity contribution >= 4 is 23.2 Å². The van der Waals surface area contributed by atoms with Crippen molar-refractivity contribution < 1.29 is 19.1 Å². The summed E-state index contributed by atoms with van der Waals surface area (Å²) in [5, 5.41) is 4.63. The molecule has 126 valence electrons. The Bertz CT molecular complexity index is 692. The second-order valence-corrected chi connectivity index (χ2v) is 6.49. The largest absolute Gasteiger partial charge is 0.451 e. The van der Waals surface area contributed by atoms with Crippen LogP contribution in [-0.4, -0.2) is 37.7 Å². The summed E-state index contributed by atoms with van der Waals surface area (Å²) in [5.41, 5.74) is 2.01. The number of esters is 1. The van der Waals surface area contributed by atoms with Crippen LogP contribution < -0.4 is 5.32 Å². The van der Waals surface area contributed by atoms with Crippen molar-refractivity contribution in [3.05, 3.63) is 46.7 Å². The summed E-state index contributed by atoms with van der Waals surface area (Å²) in [7, 11) is 0. The lowest BCUT2D eigenvalue weighted by molar-refractivity contribution is -0.124.